The number of nitrogens with one attached hydrogen (secondary N) is 1. The molecular weight excluding hydrogens is 276 g/mol. The van der Waals surface area contributed by atoms with Crippen molar-refractivity contribution >= 4 is 11.2 Å². The summed E-state index contributed by atoms with van der Waals surface area (Å²) in [6.45, 7) is 3.98. The second-order valence-corrected chi connectivity index (χ2v) is 6.49. The third-order valence-corrected chi connectivity index (χ3v) is 5.01. The van der Waals surface area contributed by atoms with E-state index in [4.69, 9.17) is 9.72 Å². The number of ether oxygens (including phenoxy) is 1. The highest BCUT2D eigenvalue weighted by molar-refractivity contribution is 5.71. The van der Waals surface area contributed by atoms with E-state index in [9.17, 15) is 0 Å². The molecule has 0 spiro atoms. The molecular formula is C17H24N4O. The Morgan fingerprint density at radius 2 is 2.00 bits per heavy atom. The Balaban J connectivity index is 1.68. The van der Waals surface area contributed by atoms with Gasteiger partial charge in [0.15, 0.2) is 5.65 Å². The van der Waals surface area contributed by atoms with Crippen molar-refractivity contribution in [2.75, 3.05) is 26.3 Å². The van der Waals surface area contributed by atoms with Gasteiger partial charge in [-0.1, -0.05) is 0 Å². The molecule has 5 heteroatoms. The number of imidazole rings is 1. The largest absolute Gasteiger partial charge is 0.381 e. The highest BCUT2D eigenvalue weighted by Gasteiger charge is 2.24. The van der Waals surface area contributed by atoms with Crippen LogP contribution in [0, 0.1) is 5.92 Å². The fraction of sp³-hybridized carbons (Fsp3) is 0.647. The van der Waals surface area contributed by atoms with E-state index in [1.807, 2.05) is 12.3 Å². The van der Waals surface area contributed by atoms with Gasteiger partial charge in [-0.25, -0.2) is 9.97 Å². The van der Waals surface area contributed by atoms with E-state index >= 15 is 0 Å². The molecule has 0 atom stereocenters. The minimum atomic E-state index is 0.491. The van der Waals surface area contributed by atoms with Crippen molar-refractivity contribution < 1.29 is 4.74 Å². The zero-order valence-electron chi connectivity index (χ0n) is 13.0. The van der Waals surface area contributed by atoms with Crippen LogP contribution in [0.2, 0.25) is 0 Å². The van der Waals surface area contributed by atoms with Gasteiger partial charge in [0.25, 0.3) is 0 Å². The Morgan fingerprint density at radius 1 is 1.18 bits per heavy atom. The summed E-state index contributed by atoms with van der Waals surface area (Å²) in [6, 6.07) is 4.56. The van der Waals surface area contributed by atoms with Gasteiger partial charge in [-0.2, -0.15) is 0 Å². The van der Waals surface area contributed by atoms with Crippen LogP contribution in [0.15, 0.2) is 18.3 Å². The van der Waals surface area contributed by atoms with Crippen molar-refractivity contribution in [1.82, 2.24) is 19.9 Å². The number of hydrogen-bond acceptors (Lipinski definition) is 4. The van der Waals surface area contributed by atoms with Crippen molar-refractivity contribution in [1.29, 1.82) is 0 Å². The summed E-state index contributed by atoms with van der Waals surface area (Å²) in [7, 11) is 0. The second kappa shape index (κ2) is 6.34. The van der Waals surface area contributed by atoms with Gasteiger partial charge in [0.1, 0.15) is 11.3 Å². The van der Waals surface area contributed by atoms with Crippen LogP contribution in [0.4, 0.5) is 0 Å². The first-order valence-electron chi connectivity index (χ1n) is 8.52. The molecule has 0 aromatic carbocycles. The molecule has 4 heterocycles. The number of hydrogen-bond donors (Lipinski definition) is 1. The molecule has 2 fully saturated rings. The number of piperidine rings is 1. The summed E-state index contributed by atoms with van der Waals surface area (Å²) in [5.74, 6) is 1.98. The molecule has 118 valence electrons. The molecule has 2 aliphatic heterocycles. The number of pyridine rings is 1. The van der Waals surface area contributed by atoms with E-state index in [0.717, 1.165) is 62.6 Å². The molecule has 5 nitrogen and oxygen atoms in total. The quantitative estimate of drug-likeness (QED) is 0.945. The van der Waals surface area contributed by atoms with E-state index in [2.05, 4.69) is 20.9 Å². The fourth-order valence-electron chi connectivity index (χ4n) is 3.79. The van der Waals surface area contributed by atoms with Gasteiger partial charge < -0.3 is 14.6 Å². The van der Waals surface area contributed by atoms with Crippen LogP contribution in [-0.2, 0) is 11.2 Å². The maximum Gasteiger partial charge on any atom is 0.160 e. The van der Waals surface area contributed by atoms with Gasteiger partial charge >= 0.3 is 0 Å². The monoisotopic (exact) mass is 300 g/mol. The van der Waals surface area contributed by atoms with Crippen LogP contribution in [0.25, 0.3) is 11.2 Å². The lowest BCUT2D eigenvalue weighted by Gasteiger charge is -2.27. The number of aromatic nitrogens is 3. The average molecular weight is 300 g/mol. The average Bonchev–Trinajstić information content (AvgIpc) is 2.94. The Kier molecular flexibility index (Phi) is 4.08. The van der Waals surface area contributed by atoms with Gasteiger partial charge in [0.05, 0.1) is 0 Å². The van der Waals surface area contributed by atoms with Crippen molar-refractivity contribution in [3.05, 3.63) is 24.2 Å². The van der Waals surface area contributed by atoms with Gasteiger partial charge in [0.2, 0.25) is 0 Å². The molecule has 2 saturated heterocycles. The molecule has 0 aliphatic carbocycles. The highest BCUT2D eigenvalue weighted by Crippen LogP contribution is 2.29. The normalized spacial score (nSPS) is 21.5. The predicted molar refractivity (Wildman–Crippen MR) is 85.9 cm³/mol. The highest BCUT2D eigenvalue weighted by atomic mass is 16.5. The molecule has 0 saturated carbocycles. The molecule has 0 bridgehead atoms. The molecule has 0 unspecified atom stereocenters. The minimum Gasteiger partial charge on any atom is -0.381 e. The lowest BCUT2D eigenvalue weighted by Crippen LogP contribution is -2.30. The van der Waals surface area contributed by atoms with E-state index in [1.54, 1.807) is 0 Å². The third-order valence-electron chi connectivity index (χ3n) is 5.01. The van der Waals surface area contributed by atoms with Gasteiger partial charge in [0, 0.05) is 31.9 Å². The Bertz CT molecular complexity index is 627. The van der Waals surface area contributed by atoms with E-state index < -0.39 is 0 Å². The predicted octanol–water partition coefficient (Wildman–Crippen LogP) is 2.32. The van der Waals surface area contributed by atoms with Crippen LogP contribution in [0.1, 0.15) is 37.5 Å². The smallest absolute Gasteiger partial charge is 0.160 e. The fourth-order valence-corrected chi connectivity index (χ4v) is 3.79. The van der Waals surface area contributed by atoms with Gasteiger partial charge in [-0.3, -0.25) is 0 Å². The molecule has 22 heavy (non-hydrogen) atoms. The first-order chi connectivity index (χ1) is 10.9. The Hall–Kier alpha value is -1.46. The first-order valence-corrected chi connectivity index (χ1v) is 8.52. The summed E-state index contributed by atoms with van der Waals surface area (Å²) in [5, 5.41) is 3.45. The van der Waals surface area contributed by atoms with Gasteiger partial charge in [-0.15, -0.1) is 0 Å². The first kappa shape index (κ1) is 14.2. The summed E-state index contributed by atoms with van der Waals surface area (Å²) in [6.07, 6.45) is 7.61. The lowest BCUT2D eigenvalue weighted by atomic mass is 9.94. The van der Waals surface area contributed by atoms with Crippen molar-refractivity contribution in [2.45, 2.75) is 38.1 Å². The summed E-state index contributed by atoms with van der Waals surface area (Å²) >= 11 is 0. The third kappa shape index (κ3) is 2.75. The SMILES string of the molecule is c1cnc2c(c1)nc(CC1CCNCC1)n2C1CCOCC1. The summed E-state index contributed by atoms with van der Waals surface area (Å²) in [4.78, 5) is 9.54. The minimum absolute atomic E-state index is 0.491. The molecule has 0 amide bonds. The molecule has 4 rings (SSSR count). The Morgan fingerprint density at radius 3 is 2.82 bits per heavy atom. The standard InChI is InChI=1S/C17H24N4O/c1-2-15-17(19-7-1)21(14-5-10-22-11-6-14)16(20-15)12-13-3-8-18-9-4-13/h1-2,7,13-14,18H,3-6,8-12H2. The number of rotatable bonds is 3. The van der Waals surface area contributed by atoms with Crippen LogP contribution in [0.3, 0.4) is 0 Å². The van der Waals surface area contributed by atoms with Crippen molar-refractivity contribution in [3.8, 4) is 0 Å². The second-order valence-electron chi connectivity index (χ2n) is 6.49. The summed E-state index contributed by atoms with van der Waals surface area (Å²) in [5.41, 5.74) is 2.09. The maximum absolute atomic E-state index is 5.54. The van der Waals surface area contributed by atoms with Crippen LogP contribution in [-0.4, -0.2) is 40.8 Å². The van der Waals surface area contributed by atoms with Crippen molar-refractivity contribution in [3.63, 3.8) is 0 Å². The summed E-state index contributed by atoms with van der Waals surface area (Å²) < 4.78 is 7.95. The van der Waals surface area contributed by atoms with E-state index in [-0.39, 0.29) is 0 Å². The molecule has 2 aliphatic rings. The molecule has 2 aromatic rings. The van der Waals surface area contributed by atoms with Crippen LogP contribution >= 0.6 is 0 Å². The van der Waals surface area contributed by atoms with Crippen molar-refractivity contribution in [2.24, 2.45) is 5.92 Å². The van der Waals surface area contributed by atoms with Crippen LogP contribution < -0.4 is 5.32 Å². The topological polar surface area (TPSA) is 52.0 Å². The molecule has 1 N–H and O–H groups in total. The Labute approximate surface area is 131 Å². The maximum atomic E-state index is 5.54. The number of nitrogens with zero attached hydrogens (tertiary/aromatic N) is 3. The van der Waals surface area contributed by atoms with E-state index in [0.29, 0.717) is 6.04 Å². The van der Waals surface area contributed by atoms with Crippen LogP contribution in [0.5, 0.6) is 0 Å². The zero-order valence-corrected chi connectivity index (χ0v) is 13.0. The van der Waals surface area contributed by atoms with Gasteiger partial charge in [-0.05, 0) is 56.8 Å². The number of fused-ring (bicyclic) bond motifs is 1. The lowest BCUT2D eigenvalue weighted by molar-refractivity contribution is 0.0695. The molecule has 2 aromatic heterocycles. The zero-order chi connectivity index (χ0) is 14.8. The van der Waals surface area contributed by atoms with E-state index in [1.165, 1.54) is 18.7 Å². The molecule has 0 radical (unpaired) electrons.